The van der Waals surface area contributed by atoms with Gasteiger partial charge in [0.05, 0.1) is 11.2 Å². The van der Waals surface area contributed by atoms with E-state index >= 15 is 0 Å². The molecule has 0 radical (unpaired) electrons. The van der Waals surface area contributed by atoms with Crippen LogP contribution in [0.4, 0.5) is 4.39 Å². The van der Waals surface area contributed by atoms with E-state index in [0.717, 1.165) is 15.6 Å². The lowest BCUT2D eigenvalue weighted by molar-refractivity contribution is 0.214. The van der Waals surface area contributed by atoms with Crippen molar-refractivity contribution in [2.45, 2.75) is 30.8 Å². The molecule has 0 aliphatic carbocycles. The van der Waals surface area contributed by atoms with Crippen LogP contribution in [0.3, 0.4) is 0 Å². The Morgan fingerprint density at radius 2 is 1.47 bits per heavy atom. The van der Waals surface area contributed by atoms with Crippen LogP contribution >= 0.6 is 0 Å². The van der Waals surface area contributed by atoms with Gasteiger partial charge in [-0.2, -0.15) is 0 Å². The maximum Gasteiger partial charge on any atom is 0.271 e. The highest BCUT2D eigenvalue weighted by Crippen LogP contribution is 2.33. The molecule has 0 fully saturated rings. The minimum Gasteiger partial charge on any atom is -0.382 e. The number of fused-ring (bicyclic) bond motifs is 1. The highest BCUT2D eigenvalue weighted by Gasteiger charge is 2.29. The van der Waals surface area contributed by atoms with Gasteiger partial charge in [-0.05, 0) is 41.3 Å². The number of rotatable bonds is 5. The van der Waals surface area contributed by atoms with Gasteiger partial charge in [-0.25, -0.2) is 16.8 Å². The minimum atomic E-state index is -4.28. The largest absolute Gasteiger partial charge is 0.382 e. The minimum absolute atomic E-state index is 0.164. The average molecular weight is 424 g/mol. The highest BCUT2D eigenvalue weighted by atomic mass is 32.2. The maximum absolute atomic E-state index is 14.4. The summed E-state index contributed by atoms with van der Waals surface area (Å²) in [7, 11) is -4.28. The van der Waals surface area contributed by atoms with Gasteiger partial charge in [0.2, 0.25) is 0 Å². The Bertz CT molecular complexity index is 1310. The molecule has 3 aromatic carbocycles. The van der Waals surface area contributed by atoms with E-state index in [4.69, 9.17) is 0 Å². The molecule has 1 N–H and O–H groups in total. The third-order valence-electron chi connectivity index (χ3n) is 5.25. The van der Waals surface area contributed by atoms with E-state index in [0.29, 0.717) is 22.4 Å². The first-order valence-electron chi connectivity index (χ1n) is 9.69. The number of halogens is 1. The second-order valence-electron chi connectivity index (χ2n) is 7.55. The quantitative estimate of drug-likeness (QED) is 0.479. The second-order valence-corrected chi connectivity index (χ2v) is 9.31. The van der Waals surface area contributed by atoms with Gasteiger partial charge >= 0.3 is 0 Å². The monoisotopic (exact) mass is 423 g/mol. The molecule has 0 saturated carbocycles. The van der Waals surface area contributed by atoms with Crippen molar-refractivity contribution in [3.8, 4) is 0 Å². The zero-order chi connectivity index (χ0) is 21.5. The van der Waals surface area contributed by atoms with E-state index < -0.39 is 26.8 Å². The molecule has 154 valence electrons. The van der Waals surface area contributed by atoms with Crippen molar-refractivity contribution >= 4 is 20.9 Å². The molecule has 6 heteroatoms. The molecule has 0 spiro atoms. The van der Waals surface area contributed by atoms with Gasteiger partial charge in [-0.1, -0.05) is 68.4 Å². The van der Waals surface area contributed by atoms with Crippen molar-refractivity contribution in [3.63, 3.8) is 0 Å². The number of nitrogens with zero attached hydrogens (tertiary/aromatic N) is 1. The van der Waals surface area contributed by atoms with Gasteiger partial charge in [0.25, 0.3) is 10.0 Å². The molecule has 0 amide bonds. The molecule has 4 rings (SSSR count). The van der Waals surface area contributed by atoms with Crippen molar-refractivity contribution in [3.05, 3.63) is 102 Å². The first-order valence-corrected chi connectivity index (χ1v) is 11.1. The van der Waals surface area contributed by atoms with Crippen LogP contribution in [0, 0.1) is 5.82 Å². The van der Waals surface area contributed by atoms with Crippen molar-refractivity contribution in [2.24, 2.45) is 0 Å². The van der Waals surface area contributed by atoms with Crippen molar-refractivity contribution in [2.75, 3.05) is 0 Å². The van der Waals surface area contributed by atoms with Gasteiger partial charge in [0.1, 0.15) is 16.8 Å². The van der Waals surface area contributed by atoms with Gasteiger partial charge in [0.15, 0.2) is 0 Å². The van der Waals surface area contributed by atoms with E-state index in [1.54, 1.807) is 42.5 Å². The Hall–Kier alpha value is -2.96. The Labute approximate surface area is 175 Å². The molecule has 30 heavy (non-hydrogen) atoms. The summed E-state index contributed by atoms with van der Waals surface area (Å²) < 4.78 is 42.3. The van der Waals surface area contributed by atoms with Gasteiger partial charge in [-0.3, -0.25) is 0 Å². The fourth-order valence-electron chi connectivity index (χ4n) is 3.60. The summed E-state index contributed by atoms with van der Waals surface area (Å²) in [6.07, 6.45) is -1.19. The normalized spacial score (nSPS) is 13.1. The molecule has 0 saturated heterocycles. The number of aliphatic hydroxyl groups is 1. The van der Waals surface area contributed by atoms with E-state index in [1.807, 2.05) is 12.1 Å². The first-order chi connectivity index (χ1) is 14.3. The first kappa shape index (κ1) is 20.3. The number of aromatic nitrogens is 1. The second kappa shape index (κ2) is 7.70. The van der Waals surface area contributed by atoms with Crippen molar-refractivity contribution in [1.29, 1.82) is 0 Å². The smallest absolute Gasteiger partial charge is 0.271 e. The Kier molecular flexibility index (Phi) is 5.22. The topological polar surface area (TPSA) is 59.3 Å². The molecule has 4 nitrogen and oxygen atoms in total. The third kappa shape index (κ3) is 3.42. The Balaban J connectivity index is 1.92. The number of hydrogen-bond acceptors (Lipinski definition) is 3. The zero-order valence-electron chi connectivity index (χ0n) is 16.7. The molecule has 0 aliphatic rings. The lowest BCUT2D eigenvalue weighted by Gasteiger charge is -2.17. The molecule has 1 aromatic heterocycles. The summed E-state index contributed by atoms with van der Waals surface area (Å²) in [5, 5.41) is 11.7. The molecule has 1 heterocycles. The van der Waals surface area contributed by atoms with E-state index in [1.165, 1.54) is 18.2 Å². The molecule has 1 atom stereocenters. The summed E-state index contributed by atoms with van der Waals surface area (Å²) in [6.45, 7) is 4.15. The van der Waals surface area contributed by atoms with Crippen LogP contribution in [0.25, 0.3) is 10.9 Å². The Morgan fingerprint density at radius 3 is 2.13 bits per heavy atom. The van der Waals surface area contributed by atoms with Crippen LogP contribution in [0.5, 0.6) is 0 Å². The zero-order valence-corrected chi connectivity index (χ0v) is 17.5. The molecule has 4 aromatic rings. The molecule has 0 aliphatic heterocycles. The third-order valence-corrected chi connectivity index (χ3v) is 7.02. The van der Waals surface area contributed by atoms with Gasteiger partial charge in [-0.15, -0.1) is 0 Å². The Morgan fingerprint density at radius 1 is 0.867 bits per heavy atom. The lowest BCUT2D eigenvalue weighted by atomic mass is 9.99. The van der Waals surface area contributed by atoms with Crippen LogP contribution in [-0.2, 0) is 10.0 Å². The summed E-state index contributed by atoms with van der Waals surface area (Å²) in [4.78, 5) is -0.435. The van der Waals surface area contributed by atoms with Crippen LogP contribution < -0.4 is 0 Å². The molecule has 0 bridgehead atoms. The summed E-state index contributed by atoms with van der Waals surface area (Å²) in [6, 6.07) is 21.2. The number of hydrogen-bond donors (Lipinski definition) is 1. The van der Waals surface area contributed by atoms with E-state index in [9.17, 15) is 17.9 Å². The van der Waals surface area contributed by atoms with Crippen LogP contribution in [0.1, 0.15) is 42.7 Å². The molecular formula is C24H22FNO3S. The van der Waals surface area contributed by atoms with Crippen molar-refractivity contribution < 1.29 is 17.9 Å². The van der Waals surface area contributed by atoms with Crippen LogP contribution in [-0.4, -0.2) is 17.5 Å². The van der Waals surface area contributed by atoms with Gasteiger partial charge in [0, 0.05) is 5.39 Å². The number of aliphatic hydroxyl groups excluding tert-OH is 1. The highest BCUT2D eigenvalue weighted by molar-refractivity contribution is 7.90. The van der Waals surface area contributed by atoms with Crippen LogP contribution in [0.15, 0.2) is 83.8 Å². The van der Waals surface area contributed by atoms with Crippen LogP contribution in [0.2, 0.25) is 0 Å². The lowest BCUT2D eigenvalue weighted by Crippen LogP contribution is -2.19. The summed E-state index contributed by atoms with van der Waals surface area (Å²) >= 11 is 0. The average Bonchev–Trinajstić information content (AvgIpc) is 3.14. The standard InChI is InChI=1S/C24H22FNO3S/c1-16(2)17-11-13-18(14-12-17)24(27)22-15-19-7-3-5-9-21(19)26(22)30(28,29)23-10-6-4-8-20(23)25/h3-16,24,27H,1-2H3. The van der Waals surface area contributed by atoms with Crippen molar-refractivity contribution in [1.82, 2.24) is 3.97 Å². The summed E-state index contributed by atoms with van der Waals surface area (Å²) in [5.41, 5.74) is 2.23. The fraction of sp³-hybridized carbons (Fsp3) is 0.167. The van der Waals surface area contributed by atoms with E-state index in [2.05, 4.69) is 13.8 Å². The van der Waals surface area contributed by atoms with E-state index in [-0.39, 0.29) is 5.69 Å². The fourth-order valence-corrected chi connectivity index (χ4v) is 5.21. The predicted molar refractivity (Wildman–Crippen MR) is 116 cm³/mol. The molecular weight excluding hydrogens is 401 g/mol. The molecule has 1 unspecified atom stereocenters. The van der Waals surface area contributed by atoms with Gasteiger partial charge < -0.3 is 5.11 Å². The maximum atomic E-state index is 14.4. The number of benzene rings is 3. The number of para-hydroxylation sites is 1. The SMILES string of the molecule is CC(C)c1ccc(C(O)c2cc3ccccc3n2S(=O)(=O)c2ccccc2F)cc1. The summed E-state index contributed by atoms with van der Waals surface area (Å²) in [5.74, 6) is -0.499. The predicted octanol–water partition coefficient (Wildman–Crippen LogP) is 5.22.